The third-order valence-electron chi connectivity index (χ3n) is 4.38. The number of pyridine rings is 1. The fourth-order valence-corrected chi connectivity index (χ4v) is 3.40. The first-order valence-corrected chi connectivity index (χ1v) is 7.05. The molecule has 3 heteroatoms. The summed E-state index contributed by atoms with van der Waals surface area (Å²) in [6.07, 6.45) is 9.28. The van der Waals surface area contributed by atoms with Gasteiger partial charge in [0.2, 0.25) is 0 Å². The summed E-state index contributed by atoms with van der Waals surface area (Å²) >= 11 is 0. The summed E-state index contributed by atoms with van der Waals surface area (Å²) in [5, 5.41) is 3.55. The van der Waals surface area contributed by atoms with Crippen molar-refractivity contribution in [3.63, 3.8) is 0 Å². The highest BCUT2D eigenvalue weighted by atomic mass is 19.1. The van der Waals surface area contributed by atoms with E-state index in [0.717, 1.165) is 18.5 Å². The summed E-state index contributed by atoms with van der Waals surface area (Å²) in [7, 11) is 0. The normalized spacial score (nSPS) is 19.9. The fourth-order valence-electron chi connectivity index (χ4n) is 3.40. The van der Waals surface area contributed by atoms with Gasteiger partial charge < -0.3 is 5.32 Å². The monoisotopic (exact) mass is 250 g/mol. The number of hydrogen-bond acceptors (Lipinski definition) is 2. The molecule has 1 N–H and O–H groups in total. The van der Waals surface area contributed by atoms with Crippen LogP contribution in [0, 0.1) is 11.2 Å². The van der Waals surface area contributed by atoms with E-state index >= 15 is 0 Å². The number of hydrogen-bond donors (Lipinski definition) is 1. The second-order valence-electron chi connectivity index (χ2n) is 5.35. The molecule has 2 rings (SSSR count). The molecule has 1 aliphatic rings. The van der Waals surface area contributed by atoms with E-state index in [9.17, 15) is 4.39 Å². The second kappa shape index (κ2) is 5.79. The van der Waals surface area contributed by atoms with Crippen LogP contribution in [0.4, 0.5) is 4.39 Å². The average molecular weight is 250 g/mol. The van der Waals surface area contributed by atoms with Crippen LogP contribution in [0.25, 0.3) is 0 Å². The molecule has 1 fully saturated rings. The van der Waals surface area contributed by atoms with Gasteiger partial charge in [0, 0.05) is 12.2 Å². The maximum atomic E-state index is 13.4. The largest absolute Gasteiger partial charge is 0.310 e. The lowest BCUT2D eigenvalue weighted by Crippen LogP contribution is -2.36. The molecule has 0 spiro atoms. The Kier molecular flexibility index (Phi) is 4.33. The Balaban J connectivity index is 2.32. The first kappa shape index (κ1) is 13.5. The van der Waals surface area contributed by atoms with Crippen LogP contribution in [0.1, 0.15) is 57.6 Å². The minimum absolute atomic E-state index is 0.234. The van der Waals surface area contributed by atoms with Gasteiger partial charge in [0.15, 0.2) is 0 Å². The summed E-state index contributed by atoms with van der Waals surface area (Å²) in [5.41, 5.74) is 1.28. The molecule has 0 bridgehead atoms. The first-order valence-electron chi connectivity index (χ1n) is 7.05. The van der Waals surface area contributed by atoms with Gasteiger partial charge in [0.25, 0.3) is 0 Å². The van der Waals surface area contributed by atoms with Gasteiger partial charge >= 0.3 is 0 Å². The molecule has 18 heavy (non-hydrogen) atoms. The molecule has 1 unspecified atom stereocenters. The number of nitrogens with zero attached hydrogens (tertiary/aromatic N) is 1. The molecule has 1 aromatic rings. The molecule has 0 saturated heterocycles. The Morgan fingerprint density at radius 1 is 1.33 bits per heavy atom. The van der Waals surface area contributed by atoms with Crippen molar-refractivity contribution in [1.82, 2.24) is 10.3 Å². The molecule has 2 nitrogen and oxygen atoms in total. The Morgan fingerprint density at radius 3 is 2.61 bits per heavy atom. The topological polar surface area (TPSA) is 24.9 Å². The van der Waals surface area contributed by atoms with E-state index < -0.39 is 0 Å². The standard InChI is InChI=1S/C15H23FN2/c1-3-15(7-5-6-8-15)14(18-4-2)12-9-13(16)11-17-10-12/h9-11,14,18H,3-8H2,1-2H3. The van der Waals surface area contributed by atoms with E-state index in [1.54, 1.807) is 6.07 Å². The maximum Gasteiger partial charge on any atom is 0.141 e. The molecule has 0 amide bonds. The van der Waals surface area contributed by atoms with Crippen LogP contribution in [0.3, 0.4) is 0 Å². The third-order valence-corrected chi connectivity index (χ3v) is 4.38. The molecular formula is C15H23FN2. The highest BCUT2D eigenvalue weighted by molar-refractivity contribution is 5.19. The molecular weight excluding hydrogens is 227 g/mol. The van der Waals surface area contributed by atoms with Crippen LogP contribution in [0.2, 0.25) is 0 Å². The summed E-state index contributed by atoms with van der Waals surface area (Å²) < 4.78 is 13.4. The molecule has 100 valence electrons. The quantitative estimate of drug-likeness (QED) is 0.858. The number of rotatable bonds is 5. The maximum absolute atomic E-state index is 13.4. The van der Waals surface area contributed by atoms with Crippen molar-refractivity contribution in [3.8, 4) is 0 Å². The van der Waals surface area contributed by atoms with E-state index in [1.165, 1.54) is 31.9 Å². The Bertz CT molecular complexity index is 386. The van der Waals surface area contributed by atoms with Crippen LogP contribution in [0.15, 0.2) is 18.5 Å². The van der Waals surface area contributed by atoms with Gasteiger partial charge in [-0.25, -0.2) is 4.39 Å². The number of halogens is 1. The van der Waals surface area contributed by atoms with Crippen molar-refractivity contribution in [3.05, 3.63) is 29.8 Å². The van der Waals surface area contributed by atoms with Crippen LogP contribution in [-0.4, -0.2) is 11.5 Å². The lowest BCUT2D eigenvalue weighted by Gasteiger charge is -2.37. The number of aromatic nitrogens is 1. The summed E-state index contributed by atoms with van der Waals surface area (Å²) in [6, 6.07) is 1.87. The summed E-state index contributed by atoms with van der Waals surface area (Å²) in [5.74, 6) is -0.236. The molecule has 1 atom stereocenters. The van der Waals surface area contributed by atoms with Gasteiger partial charge in [-0.15, -0.1) is 0 Å². The smallest absolute Gasteiger partial charge is 0.141 e. The molecule has 0 aliphatic heterocycles. The molecule has 1 aliphatic carbocycles. The fraction of sp³-hybridized carbons (Fsp3) is 0.667. The van der Waals surface area contributed by atoms with Crippen LogP contribution in [-0.2, 0) is 0 Å². The van der Waals surface area contributed by atoms with Crippen LogP contribution in [0.5, 0.6) is 0 Å². The highest BCUT2D eigenvalue weighted by Crippen LogP contribution is 2.49. The van der Waals surface area contributed by atoms with Gasteiger partial charge in [-0.05, 0) is 42.9 Å². The van der Waals surface area contributed by atoms with E-state index in [0.29, 0.717) is 0 Å². The Morgan fingerprint density at radius 2 is 2.06 bits per heavy atom. The van der Waals surface area contributed by atoms with Crippen molar-refractivity contribution in [2.75, 3.05) is 6.54 Å². The first-order chi connectivity index (χ1) is 8.72. The Labute approximate surface area is 109 Å². The third kappa shape index (κ3) is 2.56. The molecule has 0 aromatic carbocycles. The van der Waals surface area contributed by atoms with E-state index in [2.05, 4.69) is 24.1 Å². The van der Waals surface area contributed by atoms with Gasteiger partial charge in [0.1, 0.15) is 5.82 Å². The molecule has 1 heterocycles. The number of nitrogens with one attached hydrogen (secondary N) is 1. The van der Waals surface area contributed by atoms with Crippen molar-refractivity contribution < 1.29 is 4.39 Å². The van der Waals surface area contributed by atoms with E-state index in [1.807, 2.05) is 6.20 Å². The van der Waals surface area contributed by atoms with Crippen molar-refractivity contribution in [2.24, 2.45) is 5.41 Å². The summed E-state index contributed by atoms with van der Waals surface area (Å²) in [4.78, 5) is 4.01. The molecule has 1 saturated carbocycles. The lowest BCUT2D eigenvalue weighted by atomic mass is 9.73. The lowest BCUT2D eigenvalue weighted by molar-refractivity contribution is 0.188. The van der Waals surface area contributed by atoms with Crippen molar-refractivity contribution in [2.45, 2.75) is 52.0 Å². The van der Waals surface area contributed by atoms with Gasteiger partial charge in [-0.3, -0.25) is 4.98 Å². The van der Waals surface area contributed by atoms with Gasteiger partial charge in [-0.2, -0.15) is 0 Å². The average Bonchev–Trinajstić information content (AvgIpc) is 2.85. The van der Waals surface area contributed by atoms with E-state index in [-0.39, 0.29) is 17.3 Å². The highest BCUT2D eigenvalue weighted by Gasteiger charge is 2.40. The van der Waals surface area contributed by atoms with Crippen LogP contribution >= 0.6 is 0 Å². The minimum Gasteiger partial charge on any atom is -0.310 e. The van der Waals surface area contributed by atoms with Gasteiger partial charge in [-0.1, -0.05) is 26.7 Å². The zero-order chi connectivity index (χ0) is 13.0. The van der Waals surface area contributed by atoms with Gasteiger partial charge in [0.05, 0.1) is 6.20 Å². The predicted molar refractivity (Wildman–Crippen MR) is 71.8 cm³/mol. The Hall–Kier alpha value is -0.960. The molecule has 0 radical (unpaired) electrons. The minimum atomic E-state index is -0.236. The summed E-state index contributed by atoms with van der Waals surface area (Å²) in [6.45, 7) is 5.27. The van der Waals surface area contributed by atoms with E-state index in [4.69, 9.17) is 0 Å². The van der Waals surface area contributed by atoms with Crippen molar-refractivity contribution in [1.29, 1.82) is 0 Å². The zero-order valence-electron chi connectivity index (χ0n) is 11.4. The SMILES string of the molecule is CCNC(c1cncc(F)c1)C1(CC)CCCC1. The zero-order valence-corrected chi connectivity index (χ0v) is 11.4. The second-order valence-corrected chi connectivity index (χ2v) is 5.35. The van der Waals surface area contributed by atoms with Crippen molar-refractivity contribution >= 4 is 0 Å². The van der Waals surface area contributed by atoms with Crippen LogP contribution < -0.4 is 5.32 Å². The predicted octanol–water partition coefficient (Wildman–Crippen LogP) is 3.84. The molecule has 1 aromatic heterocycles.